The number of carbonyl (C=O) groups excluding carboxylic acids is 2. The number of ether oxygens (including phenoxy) is 2. The van der Waals surface area contributed by atoms with Crippen LogP contribution in [0.15, 0.2) is 0 Å². The number of hydrogen-bond acceptors (Lipinski definition) is 5. The Morgan fingerprint density at radius 2 is 1.94 bits per heavy atom. The van der Waals surface area contributed by atoms with Crippen molar-refractivity contribution in [1.29, 1.82) is 0 Å². The first kappa shape index (κ1) is 16.5. The van der Waals surface area contributed by atoms with Crippen LogP contribution in [0.4, 0.5) is 4.79 Å². The van der Waals surface area contributed by atoms with Gasteiger partial charge in [0.15, 0.2) is 0 Å². The van der Waals surface area contributed by atoms with E-state index < -0.39 is 17.7 Å². The van der Waals surface area contributed by atoms with Gasteiger partial charge in [0.25, 0.3) is 0 Å². The van der Waals surface area contributed by atoms with Crippen molar-refractivity contribution in [2.75, 3.05) is 6.54 Å². The van der Waals surface area contributed by atoms with Crippen molar-refractivity contribution in [2.24, 2.45) is 0 Å². The average Bonchev–Trinajstić information content (AvgIpc) is 2.50. The Hall–Kier alpha value is 0.536. The molecule has 0 aromatic rings. The molecule has 1 rings (SSSR count). The Kier molecular flexibility index (Phi) is 7.32. The second-order valence-electron chi connectivity index (χ2n) is 4.53. The minimum absolute atomic E-state index is 0. The molecule has 6 heteroatoms. The van der Waals surface area contributed by atoms with Gasteiger partial charge in [0, 0.05) is 0 Å². The van der Waals surface area contributed by atoms with Crippen LogP contribution >= 0.6 is 0 Å². The molecule has 1 aliphatic heterocycles. The third kappa shape index (κ3) is 6.32. The van der Waals surface area contributed by atoms with Gasteiger partial charge >= 0.3 is 63.5 Å². The Labute approximate surface area is 138 Å². The fourth-order valence-corrected chi connectivity index (χ4v) is 1.31. The number of carbonyl (C=O) groups is 2. The summed E-state index contributed by atoms with van der Waals surface area (Å²) in [4.78, 5) is 22.5. The van der Waals surface area contributed by atoms with E-state index in [-0.39, 0.29) is 57.4 Å². The maximum absolute atomic E-state index is 11.4. The first-order valence-electron chi connectivity index (χ1n) is 5.06. The Balaban J connectivity index is 0.00000225. The molecule has 0 aromatic carbocycles. The van der Waals surface area contributed by atoms with Crippen molar-refractivity contribution >= 4 is 63.5 Å². The zero-order valence-corrected chi connectivity index (χ0v) is 9.33. The van der Waals surface area contributed by atoms with Crippen LogP contribution in [0, 0.1) is 0 Å². The molecule has 0 radical (unpaired) electrons. The van der Waals surface area contributed by atoms with Crippen LogP contribution in [-0.4, -0.2) is 81.7 Å². The third-order valence-corrected chi connectivity index (χ3v) is 1.92. The maximum atomic E-state index is 11.4. The predicted molar refractivity (Wildman–Crippen MR) is 60.5 cm³/mol. The fraction of sp³-hybridized carbons (Fsp3) is 0.800. The number of esters is 1. The summed E-state index contributed by atoms with van der Waals surface area (Å²) in [6.45, 7) is 5.93. The molecular weight excluding hydrogens is 237 g/mol. The van der Waals surface area contributed by atoms with Crippen molar-refractivity contribution < 1.29 is 19.1 Å². The number of rotatable bonds is 1. The molecule has 0 bridgehead atoms. The molecule has 1 fully saturated rings. The summed E-state index contributed by atoms with van der Waals surface area (Å²) in [6, 6.07) is -0.363. The summed E-state index contributed by atoms with van der Waals surface area (Å²) in [6.07, 6.45) is 0.705. The molecule has 88 valence electrons. The summed E-state index contributed by atoms with van der Waals surface area (Å²) in [5, 5.41) is 2.94. The van der Waals surface area contributed by atoms with E-state index >= 15 is 0 Å². The fourth-order valence-electron chi connectivity index (χ4n) is 1.31. The molecule has 1 aliphatic rings. The van der Waals surface area contributed by atoms with Crippen molar-refractivity contribution in [1.82, 2.24) is 5.32 Å². The molecule has 0 unspecified atom stereocenters. The van der Waals surface area contributed by atoms with E-state index in [1.807, 2.05) is 0 Å². The van der Waals surface area contributed by atoms with Gasteiger partial charge in [-0.2, -0.15) is 0 Å². The minimum atomic E-state index is -0.929. The molecule has 1 saturated heterocycles. The monoisotopic (exact) mass is 255 g/mol. The first-order valence-corrected chi connectivity index (χ1v) is 5.06. The second-order valence-corrected chi connectivity index (χ2v) is 4.53. The van der Waals surface area contributed by atoms with Crippen LogP contribution in [0.25, 0.3) is 0 Å². The SMILES string of the molecule is CC(C)(C)OC(=O)OC(=O)[C@@H]1CCCN1.[KH]. The van der Waals surface area contributed by atoms with Gasteiger partial charge < -0.3 is 14.8 Å². The quantitative estimate of drug-likeness (QED) is 0.421. The average molecular weight is 255 g/mol. The summed E-state index contributed by atoms with van der Waals surface area (Å²) in [7, 11) is 0. The van der Waals surface area contributed by atoms with Gasteiger partial charge in [-0.25, -0.2) is 9.59 Å². The van der Waals surface area contributed by atoms with Crippen molar-refractivity contribution in [2.45, 2.75) is 45.3 Å². The molecular formula is C10H18KNO4. The molecule has 1 N–H and O–H groups in total. The molecule has 1 atom stereocenters. The normalized spacial score (nSPS) is 19.8. The van der Waals surface area contributed by atoms with Gasteiger partial charge in [-0.1, -0.05) is 0 Å². The van der Waals surface area contributed by atoms with Gasteiger partial charge in [0.1, 0.15) is 11.6 Å². The summed E-state index contributed by atoms with van der Waals surface area (Å²) >= 11 is 0. The van der Waals surface area contributed by atoms with Crippen LogP contribution in [0.2, 0.25) is 0 Å². The van der Waals surface area contributed by atoms with Gasteiger partial charge in [-0.05, 0) is 40.2 Å². The van der Waals surface area contributed by atoms with Crippen molar-refractivity contribution in [3.05, 3.63) is 0 Å². The van der Waals surface area contributed by atoms with Gasteiger partial charge in [0.05, 0.1) is 0 Å². The van der Waals surface area contributed by atoms with Crippen LogP contribution in [-0.2, 0) is 14.3 Å². The summed E-state index contributed by atoms with van der Waals surface area (Å²) < 4.78 is 9.41. The third-order valence-electron chi connectivity index (χ3n) is 1.92. The van der Waals surface area contributed by atoms with E-state index in [0.29, 0.717) is 6.42 Å². The molecule has 0 aromatic heterocycles. The standard InChI is InChI=1S/C10H17NO4.K.H/c1-10(2,3)15-9(13)14-8(12)7-5-4-6-11-7;;/h7,11H,4-6H2,1-3H3;;/t7-;;/m0../s1. The van der Waals surface area contributed by atoms with E-state index in [1.165, 1.54) is 0 Å². The van der Waals surface area contributed by atoms with Crippen molar-refractivity contribution in [3.8, 4) is 0 Å². The Morgan fingerprint density at radius 1 is 1.31 bits per heavy atom. The Morgan fingerprint density at radius 3 is 2.38 bits per heavy atom. The molecule has 0 saturated carbocycles. The molecule has 0 aliphatic carbocycles. The molecule has 0 spiro atoms. The van der Waals surface area contributed by atoms with Gasteiger partial charge in [0.2, 0.25) is 0 Å². The van der Waals surface area contributed by atoms with E-state index in [9.17, 15) is 9.59 Å². The Bertz CT molecular complexity index is 256. The van der Waals surface area contributed by atoms with Gasteiger partial charge in [-0.15, -0.1) is 0 Å². The van der Waals surface area contributed by atoms with E-state index in [1.54, 1.807) is 20.8 Å². The zero-order chi connectivity index (χ0) is 11.5. The van der Waals surface area contributed by atoms with Crippen LogP contribution < -0.4 is 5.32 Å². The number of hydrogen-bond donors (Lipinski definition) is 1. The summed E-state index contributed by atoms with van der Waals surface area (Å²) in [5.41, 5.74) is -0.638. The topological polar surface area (TPSA) is 64.6 Å². The van der Waals surface area contributed by atoms with E-state index in [4.69, 9.17) is 4.74 Å². The molecule has 1 heterocycles. The van der Waals surface area contributed by atoms with Gasteiger partial charge in [-0.3, -0.25) is 0 Å². The van der Waals surface area contributed by atoms with E-state index in [0.717, 1.165) is 13.0 Å². The molecule has 0 amide bonds. The molecule has 5 nitrogen and oxygen atoms in total. The van der Waals surface area contributed by atoms with Crippen LogP contribution in [0.1, 0.15) is 33.6 Å². The number of nitrogens with one attached hydrogen (secondary N) is 1. The first-order chi connectivity index (χ1) is 6.88. The van der Waals surface area contributed by atoms with Crippen LogP contribution in [0.5, 0.6) is 0 Å². The molecule has 16 heavy (non-hydrogen) atoms. The van der Waals surface area contributed by atoms with Crippen LogP contribution in [0.3, 0.4) is 0 Å². The second kappa shape index (κ2) is 7.08. The zero-order valence-electron chi connectivity index (χ0n) is 9.33. The summed E-state index contributed by atoms with van der Waals surface area (Å²) in [5.74, 6) is -0.554. The van der Waals surface area contributed by atoms with E-state index in [2.05, 4.69) is 10.1 Å². The predicted octanol–water partition coefficient (Wildman–Crippen LogP) is 0.568. The van der Waals surface area contributed by atoms with Crippen molar-refractivity contribution in [3.63, 3.8) is 0 Å².